The van der Waals surface area contributed by atoms with Crippen molar-refractivity contribution >= 4 is 11.7 Å². The molecule has 1 aliphatic carbocycles. The van der Waals surface area contributed by atoms with Gasteiger partial charge in [-0.2, -0.15) is 0 Å². The summed E-state index contributed by atoms with van der Waals surface area (Å²) in [6.45, 7) is 9.30. The van der Waals surface area contributed by atoms with Gasteiger partial charge in [-0.3, -0.25) is 9.80 Å². The first kappa shape index (κ1) is 21.4. The topological polar surface area (TPSA) is 39.3 Å². The number of piperazine rings is 1. The smallest absolute Gasteiger partial charge is 0.324 e. The van der Waals surface area contributed by atoms with E-state index in [1.54, 1.807) is 0 Å². The molecule has 1 aromatic carbocycles. The van der Waals surface area contributed by atoms with Gasteiger partial charge in [0.05, 0.1) is 6.61 Å². The van der Waals surface area contributed by atoms with E-state index >= 15 is 0 Å². The molecule has 2 saturated heterocycles. The highest BCUT2D eigenvalue weighted by Gasteiger charge is 2.37. The van der Waals surface area contributed by atoms with Gasteiger partial charge in [-0.15, -0.1) is 0 Å². The van der Waals surface area contributed by atoms with E-state index in [-0.39, 0.29) is 6.03 Å². The second kappa shape index (κ2) is 10.0. The van der Waals surface area contributed by atoms with Crippen molar-refractivity contribution in [1.82, 2.24) is 14.7 Å². The van der Waals surface area contributed by atoms with Crippen LogP contribution in [-0.4, -0.2) is 85.7 Å². The van der Waals surface area contributed by atoms with Gasteiger partial charge in [0, 0.05) is 57.0 Å². The Morgan fingerprint density at radius 3 is 2.23 bits per heavy atom. The quantitative estimate of drug-likeness (QED) is 0.638. The minimum atomic E-state index is 0.178. The zero-order chi connectivity index (χ0) is 20.9. The third-order valence-electron chi connectivity index (χ3n) is 7.12. The number of unbranched alkanes of at least 4 members (excludes halogenated alkanes) is 1. The van der Waals surface area contributed by atoms with Crippen molar-refractivity contribution in [2.24, 2.45) is 0 Å². The van der Waals surface area contributed by atoms with Gasteiger partial charge >= 0.3 is 6.03 Å². The van der Waals surface area contributed by atoms with E-state index in [1.165, 1.54) is 39.0 Å². The van der Waals surface area contributed by atoms with Crippen molar-refractivity contribution in [1.29, 1.82) is 0 Å². The molecule has 0 unspecified atom stereocenters. The molecule has 0 N–H and O–H groups in total. The highest BCUT2D eigenvalue weighted by Crippen LogP contribution is 2.31. The summed E-state index contributed by atoms with van der Waals surface area (Å²) in [4.78, 5) is 22.3. The highest BCUT2D eigenvalue weighted by molar-refractivity contribution is 5.94. The predicted octanol–water partition coefficient (Wildman–Crippen LogP) is 3.67. The first-order valence-electron chi connectivity index (χ1n) is 11.9. The minimum absolute atomic E-state index is 0.178. The maximum Gasteiger partial charge on any atom is 0.324 e. The molecule has 0 aromatic heterocycles. The molecule has 1 aromatic rings. The molecule has 3 fully saturated rings. The van der Waals surface area contributed by atoms with Crippen LogP contribution >= 0.6 is 0 Å². The van der Waals surface area contributed by atoms with Gasteiger partial charge in [-0.05, 0) is 63.4 Å². The summed E-state index contributed by atoms with van der Waals surface area (Å²) in [7, 11) is 2.21. The van der Waals surface area contributed by atoms with Crippen LogP contribution in [0.4, 0.5) is 10.5 Å². The van der Waals surface area contributed by atoms with E-state index in [0.29, 0.717) is 12.1 Å². The monoisotopic (exact) mass is 414 g/mol. The van der Waals surface area contributed by atoms with Gasteiger partial charge in [-0.1, -0.05) is 13.3 Å². The van der Waals surface area contributed by atoms with Crippen LogP contribution in [0.5, 0.6) is 5.75 Å². The number of amides is 2. The van der Waals surface area contributed by atoms with Crippen molar-refractivity contribution in [3.05, 3.63) is 24.3 Å². The van der Waals surface area contributed by atoms with Crippen LogP contribution in [0, 0.1) is 0 Å². The zero-order valence-electron chi connectivity index (χ0n) is 18.8. The minimum Gasteiger partial charge on any atom is -0.494 e. The van der Waals surface area contributed by atoms with E-state index in [4.69, 9.17) is 4.74 Å². The Labute approximate surface area is 181 Å². The molecular weight excluding hydrogens is 376 g/mol. The second-order valence-electron chi connectivity index (χ2n) is 9.13. The molecule has 1 saturated carbocycles. The highest BCUT2D eigenvalue weighted by atomic mass is 16.5. The second-order valence-corrected chi connectivity index (χ2v) is 9.13. The fourth-order valence-electron chi connectivity index (χ4n) is 5.11. The normalized spacial score (nSPS) is 26.4. The first-order valence-corrected chi connectivity index (χ1v) is 11.9. The van der Waals surface area contributed by atoms with E-state index < -0.39 is 0 Å². The molecular formula is C24H38N4O2. The fourth-order valence-corrected chi connectivity index (χ4v) is 5.11. The van der Waals surface area contributed by atoms with Crippen LogP contribution in [-0.2, 0) is 0 Å². The number of urea groups is 1. The van der Waals surface area contributed by atoms with Gasteiger partial charge < -0.3 is 14.5 Å². The van der Waals surface area contributed by atoms with Crippen LogP contribution in [0.2, 0.25) is 0 Å². The number of hydrogen-bond donors (Lipinski definition) is 0. The van der Waals surface area contributed by atoms with Crippen molar-refractivity contribution in [3.8, 4) is 5.75 Å². The largest absolute Gasteiger partial charge is 0.494 e. The Bertz CT molecular complexity index is 679. The lowest BCUT2D eigenvalue weighted by atomic mass is 9.89. The third kappa shape index (κ3) is 4.92. The van der Waals surface area contributed by atoms with Crippen LogP contribution < -0.4 is 9.64 Å². The molecule has 30 heavy (non-hydrogen) atoms. The fraction of sp³-hybridized carbons (Fsp3) is 0.708. The summed E-state index contributed by atoms with van der Waals surface area (Å²) in [5, 5.41) is 0. The number of rotatable bonds is 7. The number of benzene rings is 1. The average Bonchev–Trinajstić information content (AvgIpc) is 3.16. The standard InChI is InChI=1S/C24H38N4O2/c1-3-4-19-30-23-11-9-22(10-12-23)28-18-17-27(24(28)29)21-7-5-20(6-8-21)26-15-13-25(2)14-16-26/h9-12,20-21H,3-8,13-19H2,1-2H3. The number of ether oxygens (including phenoxy) is 1. The lowest BCUT2D eigenvalue weighted by Crippen LogP contribution is -2.51. The van der Waals surface area contributed by atoms with Crippen molar-refractivity contribution < 1.29 is 9.53 Å². The Morgan fingerprint density at radius 2 is 1.57 bits per heavy atom. The average molecular weight is 415 g/mol. The van der Waals surface area contributed by atoms with Crippen LogP contribution in [0.1, 0.15) is 45.4 Å². The number of hydrogen-bond acceptors (Lipinski definition) is 4. The van der Waals surface area contributed by atoms with Crippen LogP contribution in [0.3, 0.4) is 0 Å². The van der Waals surface area contributed by atoms with Gasteiger partial charge in [-0.25, -0.2) is 4.79 Å². The molecule has 166 valence electrons. The number of carbonyl (C=O) groups excluding carboxylic acids is 1. The summed E-state index contributed by atoms with van der Waals surface area (Å²) in [6.07, 6.45) is 6.93. The van der Waals surface area contributed by atoms with Crippen molar-refractivity contribution in [3.63, 3.8) is 0 Å². The molecule has 4 rings (SSSR count). The Kier molecular flexibility index (Phi) is 7.16. The van der Waals surface area contributed by atoms with Gasteiger partial charge in [0.25, 0.3) is 0 Å². The Hall–Kier alpha value is -1.79. The Balaban J connectivity index is 1.27. The van der Waals surface area contributed by atoms with Crippen molar-refractivity contribution in [2.75, 3.05) is 57.8 Å². The summed E-state index contributed by atoms with van der Waals surface area (Å²) < 4.78 is 5.75. The number of anilines is 1. The van der Waals surface area contributed by atoms with Crippen LogP contribution in [0.25, 0.3) is 0 Å². The van der Waals surface area contributed by atoms with E-state index in [1.807, 2.05) is 29.2 Å². The number of carbonyl (C=O) groups is 1. The molecule has 6 heteroatoms. The maximum atomic E-state index is 13.1. The van der Waals surface area contributed by atoms with Crippen LogP contribution in [0.15, 0.2) is 24.3 Å². The maximum absolute atomic E-state index is 13.1. The molecule has 0 radical (unpaired) electrons. The first-order chi connectivity index (χ1) is 14.7. The third-order valence-corrected chi connectivity index (χ3v) is 7.12. The van der Waals surface area contributed by atoms with Crippen molar-refractivity contribution in [2.45, 2.75) is 57.5 Å². The predicted molar refractivity (Wildman–Crippen MR) is 121 cm³/mol. The number of likely N-dealkylation sites (N-methyl/N-ethyl adjacent to an activating group) is 1. The Morgan fingerprint density at radius 1 is 0.900 bits per heavy atom. The lowest BCUT2D eigenvalue weighted by Gasteiger charge is -2.42. The molecule has 6 nitrogen and oxygen atoms in total. The summed E-state index contributed by atoms with van der Waals surface area (Å²) in [5.41, 5.74) is 0.983. The van der Waals surface area contributed by atoms with E-state index in [0.717, 1.165) is 56.8 Å². The lowest BCUT2D eigenvalue weighted by molar-refractivity contribution is 0.0740. The molecule has 0 atom stereocenters. The zero-order valence-corrected chi connectivity index (χ0v) is 18.8. The molecule has 0 bridgehead atoms. The van der Waals surface area contributed by atoms with Gasteiger partial charge in [0.15, 0.2) is 0 Å². The number of nitrogens with zero attached hydrogens (tertiary/aromatic N) is 4. The summed E-state index contributed by atoms with van der Waals surface area (Å²) in [6, 6.07) is 9.31. The summed E-state index contributed by atoms with van der Waals surface area (Å²) in [5.74, 6) is 0.887. The molecule has 2 aliphatic heterocycles. The molecule has 0 spiro atoms. The van der Waals surface area contributed by atoms with Gasteiger partial charge in [0.2, 0.25) is 0 Å². The van der Waals surface area contributed by atoms with Gasteiger partial charge in [0.1, 0.15) is 5.75 Å². The SMILES string of the molecule is CCCCOc1ccc(N2CCN(C3CCC(N4CCN(C)CC4)CC3)C2=O)cc1. The molecule has 2 heterocycles. The molecule has 2 amide bonds. The van der Waals surface area contributed by atoms with E-state index in [9.17, 15) is 4.79 Å². The van der Waals surface area contributed by atoms with E-state index in [2.05, 4.69) is 28.7 Å². The summed E-state index contributed by atoms with van der Waals surface area (Å²) >= 11 is 0. The molecule has 3 aliphatic rings.